The monoisotopic (exact) mass is 236 g/mol. The number of carbonyl (C=O) groups excluding carboxylic acids is 1. The van der Waals surface area contributed by atoms with Gasteiger partial charge < -0.3 is 35.1 Å². The van der Waals surface area contributed by atoms with Gasteiger partial charge in [0.25, 0.3) is 5.79 Å². The number of aliphatic hydroxyl groups is 4. The molecule has 8 nitrogen and oxygen atoms in total. The topological polar surface area (TPSA) is 145 Å². The highest BCUT2D eigenvalue weighted by molar-refractivity contribution is 5.75. The van der Waals surface area contributed by atoms with Gasteiger partial charge in [0.15, 0.2) is 6.29 Å². The highest BCUT2D eigenvalue weighted by Gasteiger charge is 2.52. The fraction of sp³-hybridized carbons (Fsp3) is 0.750. The summed E-state index contributed by atoms with van der Waals surface area (Å²) in [6.07, 6.45) is -7.55. The summed E-state index contributed by atoms with van der Waals surface area (Å²) in [6, 6.07) is 0. The third-order valence-corrected chi connectivity index (χ3v) is 2.36. The van der Waals surface area contributed by atoms with Crippen molar-refractivity contribution in [3.8, 4) is 0 Å². The van der Waals surface area contributed by atoms with Crippen LogP contribution in [0.15, 0.2) is 0 Å². The summed E-state index contributed by atoms with van der Waals surface area (Å²) in [5, 5.41) is 45.8. The van der Waals surface area contributed by atoms with E-state index in [1.54, 1.807) is 0 Å². The molecular formula is C8H12O8. The minimum atomic E-state index is -2.73. The number of carboxylic acid groups (broad SMARTS) is 1. The molecule has 1 rings (SSSR count). The van der Waals surface area contributed by atoms with Crippen molar-refractivity contribution in [3.05, 3.63) is 0 Å². The van der Waals surface area contributed by atoms with E-state index in [0.717, 1.165) is 0 Å². The zero-order valence-electron chi connectivity index (χ0n) is 8.05. The molecule has 92 valence electrons. The van der Waals surface area contributed by atoms with Crippen molar-refractivity contribution < 1.29 is 39.9 Å². The van der Waals surface area contributed by atoms with E-state index in [2.05, 4.69) is 4.74 Å². The van der Waals surface area contributed by atoms with E-state index in [4.69, 9.17) is 10.2 Å². The van der Waals surface area contributed by atoms with Crippen molar-refractivity contribution in [3.63, 3.8) is 0 Å². The molecule has 0 amide bonds. The molecule has 16 heavy (non-hydrogen) atoms. The molecule has 1 saturated heterocycles. The molecule has 5 N–H and O–H groups in total. The van der Waals surface area contributed by atoms with Gasteiger partial charge in [0, 0.05) is 6.42 Å². The summed E-state index contributed by atoms with van der Waals surface area (Å²) in [5.41, 5.74) is 0. The van der Waals surface area contributed by atoms with Crippen LogP contribution < -0.4 is 0 Å². The van der Waals surface area contributed by atoms with Crippen LogP contribution in [0.4, 0.5) is 0 Å². The van der Waals surface area contributed by atoms with Gasteiger partial charge in [0.2, 0.25) is 0 Å². The molecule has 0 aromatic rings. The molecule has 0 bridgehead atoms. The first kappa shape index (κ1) is 13.0. The van der Waals surface area contributed by atoms with E-state index < -0.39 is 42.6 Å². The molecule has 0 aromatic heterocycles. The van der Waals surface area contributed by atoms with Gasteiger partial charge in [-0.25, -0.2) is 4.79 Å². The van der Waals surface area contributed by atoms with E-state index in [0.29, 0.717) is 0 Å². The zero-order valence-corrected chi connectivity index (χ0v) is 8.05. The summed E-state index contributed by atoms with van der Waals surface area (Å²) in [5.74, 6) is -4.51. The lowest BCUT2D eigenvalue weighted by molar-refractivity contribution is -0.303. The quantitative estimate of drug-likeness (QED) is 0.323. The van der Waals surface area contributed by atoms with Crippen LogP contribution in [-0.2, 0) is 14.3 Å². The Kier molecular flexibility index (Phi) is 3.61. The van der Waals surface area contributed by atoms with Crippen molar-refractivity contribution in [2.45, 2.75) is 36.6 Å². The molecule has 8 heteroatoms. The highest BCUT2D eigenvalue weighted by atomic mass is 16.7. The Labute approximate surface area is 89.7 Å². The number of aliphatic carboxylic acids is 1. The predicted octanol–water partition coefficient (Wildman–Crippen LogP) is -3.17. The van der Waals surface area contributed by atoms with Crippen LogP contribution in [0.3, 0.4) is 0 Å². The number of carbonyl (C=O) groups is 2. The average Bonchev–Trinajstić information content (AvgIpc) is 2.22. The molecule has 5 atom stereocenters. The van der Waals surface area contributed by atoms with Crippen LogP contribution >= 0.6 is 0 Å². The Morgan fingerprint density at radius 3 is 2.50 bits per heavy atom. The lowest BCUT2D eigenvalue weighted by atomic mass is 9.93. The Morgan fingerprint density at radius 2 is 2.06 bits per heavy atom. The van der Waals surface area contributed by atoms with E-state index >= 15 is 0 Å². The van der Waals surface area contributed by atoms with Gasteiger partial charge in [-0.2, -0.15) is 0 Å². The predicted molar refractivity (Wildman–Crippen MR) is 46.2 cm³/mol. The van der Waals surface area contributed by atoms with Crippen molar-refractivity contribution in [1.29, 1.82) is 0 Å². The van der Waals surface area contributed by atoms with Crippen LogP contribution in [0.1, 0.15) is 6.42 Å². The second kappa shape index (κ2) is 4.44. The molecule has 1 fully saturated rings. The maximum absolute atomic E-state index is 10.6. The van der Waals surface area contributed by atoms with Crippen LogP contribution in [0.5, 0.6) is 0 Å². The first-order valence-electron chi connectivity index (χ1n) is 4.45. The number of rotatable bonds is 3. The molecule has 1 heterocycles. The number of hydrogen-bond donors (Lipinski definition) is 5. The molecule has 1 unspecified atom stereocenters. The van der Waals surface area contributed by atoms with E-state index in [1.165, 1.54) is 0 Å². The first-order chi connectivity index (χ1) is 7.31. The smallest absolute Gasteiger partial charge is 0.364 e. The van der Waals surface area contributed by atoms with Crippen LogP contribution in [-0.4, -0.2) is 68.0 Å². The van der Waals surface area contributed by atoms with E-state index in [1.807, 2.05) is 0 Å². The molecule has 1 aliphatic heterocycles. The van der Waals surface area contributed by atoms with Gasteiger partial charge >= 0.3 is 5.97 Å². The second-order valence-corrected chi connectivity index (χ2v) is 3.56. The van der Waals surface area contributed by atoms with Gasteiger partial charge in [-0.05, 0) is 0 Å². The van der Waals surface area contributed by atoms with Gasteiger partial charge in [-0.3, -0.25) is 0 Å². The maximum atomic E-state index is 10.6. The molecule has 0 saturated carbocycles. The summed E-state index contributed by atoms with van der Waals surface area (Å²) < 4.78 is 4.54. The molecule has 0 spiro atoms. The third-order valence-electron chi connectivity index (χ3n) is 2.36. The zero-order chi connectivity index (χ0) is 12.5. The van der Waals surface area contributed by atoms with E-state index in [9.17, 15) is 24.9 Å². The number of ether oxygens (including phenoxy) is 1. The standard InChI is InChI=1S/C8H12O8/c9-2-4(11)6-5(12)3(10)1-8(15,16-6)7(13)14/h2-6,10-12,15H,1H2,(H,13,14)/t3-,4-,5-,6-,8?/m1/s1. The normalized spacial score (nSPS) is 41.4. The van der Waals surface area contributed by atoms with Gasteiger partial charge in [-0.15, -0.1) is 0 Å². The Hall–Kier alpha value is -1.06. The SMILES string of the molecule is O=C[C@@H](O)[C@H]1OC(O)(C(=O)O)C[C@@H](O)[C@H]1O. The van der Waals surface area contributed by atoms with Crippen LogP contribution in [0, 0.1) is 0 Å². The van der Waals surface area contributed by atoms with Crippen molar-refractivity contribution >= 4 is 12.3 Å². The summed E-state index contributed by atoms with van der Waals surface area (Å²) in [6.45, 7) is 0. The average molecular weight is 236 g/mol. The lowest BCUT2D eigenvalue weighted by Gasteiger charge is -2.40. The number of aldehydes is 1. The van der Waals surface area contributed by atoms with E-state index in [-0.39, 0.29) is 6.29 Å². The van der Waals surface area contributed by atoms with Crippen molar-refractivity contribution in [2.75, 3.05) is 0 Å². The minimum Gasteiger partial charge on any atom is -0.477 e. The van der Waals surface area contributed by atoms with Gasteiger partial charge in [0.1, 0.15) is 18.3 Å². The second-order valence-electron chi connectivity index (χ2n) is 3.56. The fourth-order valence-corrected chi connectivity index (χ4v) is 1.45. The third kappa shape index (κ3) is 2.20. The molecule has 0 aromatic carbocycles. The summed E-state index contributed by atoms with van der Waals surface area (Å²) in [4.78, 5) is 20.9. The molecular weight excluding hydrogens is 224 g/mol. The lowest BCUT2D eigenvalue weighted by Crippen LogP contribution is -2.61. The number of hydrogen-bond acceptors (Lipinski definition) is 7. The van der Waals surface area contributed by atoms with Crippen LogP contribution in [0.2, 0.25) is 0 Å². The van der Waals surface area contributed by atoms with Gasteiger partial charge in [-0.1, -0.05) is 0 Å². The van der Waals surface area contributed by atoms with Crippen molar-refractivity contribution in [2.24, 2.45) is 0 Å². The molecule has 0 aliphatic carbocycles. The fourth-order valence-electron chi connectivity index (χ4n) is 1.45. The summed E-state index contributed by atoms with van der Waals surface area (Å²) >= 11 is 0. The molecule has 1 aliphatic rings. The highest BCUT2D eigenvalue weighted by Crippen LogP contribution is 2.29. The Morgan fingerprint density at radius 1 is 1.50 bits per heavy atom. The summed E-state index contributed by atoms with van der Waals surface area (Å²) in [7, 11) is 0. The largest absolute Gasteiger partial charge is 0.477 e. The maximum Gasteiger partial charge on any atom is 0.364 e. The molecule has 0 radical (unpaired) electrons. The minimum absolute atomic E-state index is 0.00813. The Bertz CT molecular complexity index is 292. The van der Waals surface area contributed by atoms with Crippen molar-refractivity contribution in [1.82, 2.24) is 0 Å². The number of aliphatic hydroxyl groups excluding tert-OH is 3. The Balaban J connectivity index is 2.93. The number of carboxylic acids is 1. The first-order valence-corrected chi connectivity index (χ1v) is 4.45. The van der Waals surface area contributed by atoms with Gasteiger partial charge in [0.05, 0.1) is 6.10 Å². The van der Waals surface area contributed by atoms with Crippen LogP contribution in [0.25, 0.3) is 0 Å².